The molecular formula is C12H18N2O5. The van der Waals surface area contributed by atoms with E-state index in [0.29, 0.717) is 11.3 Å². The minimum absolute atomic E-state index is 0.0985. The van der Waals surface area contributed by atoms with E-state index in [1.807, 2.05) is 0 Å². The van der Waals surface area contributed by atoms with Crippen LogP contribution >= 0.6 is 0 Å². The van der Waals surface area contributed by atoms with Gasteiger partial charge in [0.1, 0.15) is 5.69 Å². The Morgan fingerprint density at radius 2 is 2.21 bits per heavy atom. The summed E-state index contributed by atoms with van der Waals surface area (Å²) in [6, 6.07) is 4.50. The SMILES string of the molecule is COCC(O)CN(C)c1ccc(CO)cc1[N+](=O)[O-]. The number of nitro groups is 1. The van der Waals surface area contributed by atoms with E-state index in [4.69, 9.17) is 9.84 Å². The minimum Gasteiger partial charge on any atom is -0.392 e. The van der Waals surface area contributed by atoms with Gasteiger partial charge in [-0.15, -0.1) is 0 Å². The van der Waals surface area contributed by atoms with Crippen molar-refractivity contribution in [3.8, 4) is 0 Å². The first-order chi connectivity index (χ1) is 8.99. The monoisotopic (exact) mass is 270 g/mol. The van der Waals surface area contributed by atoms with Crippen molar-refractivity contribution in [2.45, 2.75) is 12.7 Å². The summed E-state index contributed by atoms with van der Waals surface area (Å²) in [4.78, 5) is 12.1. The van der Waals surface area contributed by atoms with E-state index in [0.717, 1.165) is 0 Å². The highest BCUT2D eigenvalue weighted by Gasteiger charge is 2.19. The molecule has 2 N–H and O–H groups in total. The number of methoxy groups -OCH3 is 1. The highest BCUT2D eigenvalue weighted by atomic mass is 16.6. The van der Waals surface area contributed by atoms with Gasteiger partial charge in [-0.1, -0.05) is 6.07 Å². The second-order valence-corrected chi connectivity index (χ2v) is 4.23. The van der Waals surface area contributed by atoms with Crippen LogP contribution in [0.5, 0.6) is 0 Å². The van der Waals surface area contributed by atoms with Crippen LogP contribution in [0.25, 0.3) is 0 Å². The molecule has 1 aromatic rings. The zero-order chi connectivity index (χ0) is 14.4. The number of aliphatic hydroxyl groups excluding tert-OH is 2. The molecule has 0 bridgehead atoms. The van der Waals surface area contributed by atoms with Crippen LogP contribution in [0.1, 0.15) is 5.56 Å². The highest BCUT2D eigenvalue weighted by Crippen LogP contribution is 2.28. The third-order valence-corrected chi connectivity index (χ3v) is 2.67. The molecule has 1 aromatic carbocycles. The van der Waals surface area contributed by atoms with E-state index >= 15 is 0 Å². The molecular weight excluding hydrogens is 252 g/mol. The maximum absolute atomic E-state index is 11.0. The quantitative estimate of drug-likeness (QED) is 0.554. The van der Waals surface area contributed by atoms with Gasteiger partial charge in [0, 0.05) is 26.8 Å². The van der Waals surface area contributed by atoms with Crippen LogP contribution in [0.4, 0.5) is 11.4 Å². The van der Waals surface area contributed by atoms with Crippen LogP contribution in [0, 0.1) is 10.1 Å². The number of rotatable bonds is 7. The van der Waals surface area contributed by atoms with Crippen molar-refractivity contribution in [1.29, 1.82) is 0 Å². The fourth-order valence-corrected chi connectivity index (χ4v) is 1.80. The van der Waals surface area contributed by atoms with Crippen molar-refractivity contribution in [2.75, 3.05) is 32.2 Å². The van der Waals surface area contributed by atoms with E-state index in [2.05, 4.69) is 0 Å². The molecule has 0 spiro atoms. The second-order valence-electron chi connectivity index (χ2n) is 4.23. The molecule has 0 saturated heterocycles. The van der Waals surface area contributed by atoms with Crippen LogP contribution in [-0.2, 0) is 11.3 Å². The van der Waals surface area contributed by atoms with E-state index in [-0.39, 0.29) is 25.4 Å². The molecule has 19 heavy (non-hydrogen) atoms. The molecule has 0 aromatic heterocycles. The molecule has 0 saturated carbocycles. The Kier molecular flexibility index (Phi) is 5.68. The topological polar surface area (TPSA) is 96.1 Å². The van der Waals surface area contributed by atoms with Crippen molar-refractivity contribution in [3.63, 3.8) is 0 Å². The lowest BCUT2D eigenvalue weighted by atomic mass is 10.1. The Labute approximate surface area is 111 Å². The van der Waals surface area contributed by atoms with Crippen molar-refractivity contribution < 1.29 is 19.9 Å². The number of hydrogen-bond acceptors (Lipinski definition) is 6. The van der Waals surface area contributed by atoms with E-state index in [1.54, 1.807) is 24.1 Å². The summed E-state index contributed by atoms with van der Waals surface area (Å²) in [5.74, 6) is 0. The smallest absolute Gasteiger partial charge is 0.292 e. The molecule has 106 valence electrons. The molecule has 1 atom stereocenters. The van der Waals surface area contributed by atoms with Gasteiger partial charge in [0.15, 0.2) is 0 Å². The summed E-state index contributed by atoms with van der Waals surface area (Å²) in [5, 5.41) is 29.6. The lowest BCUT2D eigenvalue weighted by molar-refractivity contribution is -0.384. The molecule has 0 aliphatic heterocycles. The lowest BCUT2D eigenvalue weighted by Gasteiger charge is -2.22. The van der Waals surface area contributed by atoms with Gasteiger partial charge >= 0.3 is 0 Å². The third kappa shape index (κ3) is 4.16. The van der Waals surface area contributed by atoms with Crippen LogP contribution in [0.15, 0.2) is 18.2 Å². The Balaban J connectivity index is 2.95. The average Bonchev–Trinajstić information content (AvgIpc) is 2.38. The predicted octanol–water partition coefficient (Wildman–Crippen LogP) is 0.531. The van der Waals surface area contributed by atoms with Crippen LogP contribution in [-0.4, -0.2) is 48.5 Å². The lowest BCUT2D eigenvalue weighted by Crippen LogP contribution is -2.32. The Bertz CT molecular complexity index is 438. The largest absolute Gasteiger partial charge is 0.392 e. The molecule has 0 fully saturated rings. The highest BCUT2D eigenvalue weighted by molar-refractivity contribution is 5.64. The Morgan fingerprint density at radius 1 is 1.53 bits per heavy atom. The first kappa shape index (κ1) is 15.4. The fourth-order valence-electron chi connectivity index (χ4n) is 1.80. The molecule has 0 aliphatic carbocycles. The minimum atomic E-state index is -0.730. The maximum atomic E-state index is 11.0. The number of nitro benzene ring substituents is 1. The molecule has 7 heteroatoms. The summed E-state index contributed by atoms with van der Waals surface area (Å²) in [6.45, 7) is 0.122. The molecule has 7 nitrogen and oxygen atoms in total. The number of hydrogen-bond donors (Lipinski definition) is 2. The Morgan fingerprint density at radius 3 is 2.74 bits per heavy atom. The van der Waals surface area contributed by atoms with Gasteiger partial charge in [-0.3, -0.25) is 10.1 Å². The zero-order valence-corrected chi connectivity index (χ0v) is 10.9. The molecule has 0 radical (unpaired) electrons. The van der Waals surface area contributed by atoms with Crippen molar-refractivity contribution in [2.24, 2.45) is 0 Å². The summed E-state index contributed by atoms with van der Waals surface area (Å²) >= 11 is 0. The molecule has 1 unspecified atom stereocenters. The van der Waals surface area contributed by atoms with Gasteiger partial charge in [0.2, 0.25) is 0 Å². The molecule has 1 rings (SSSR count). The first-order valence-corrected chi connectivity index (χ1v) is 5.76. The van der Waals surface area contributed by atoms with E-state index in [1.165, 1.54) is 13.2 Å². The zero-order valence-electron chi connectivity index (χ0n) is 10.9. The van der Waals surface area contributed by atoms with Gasteiger partial charge in [-0.25, -0.2) is 0 Å². The van der Waals surface area contributed by atoms with Crippen molar-refractivity contribution in [3.05, 3.63) is 33.9 Å². The number of benzene rings is 1. The number of aliphatic hydroxyl groups is 2. The van der Waals surface area contributed by atoms with Crippen LogP contribution in [0.2, 0.25) is 0 Å². The third-order valence-electron chi connectivity index (χ3n) is 2.67. The normalized spacial score (nSPS) is 12.2. The summed E-state index contributed by atoms with van der Waals surface area (Å²) in [6.07, 6.45) is -0.730. The average molecular weight is 270 g/mol. The summed E-state index contributed by atoms with van der Waals surface area (Å²) < 4.78 is 4.81. The van der Waals surface area contributed by atoms with Crippen LogP contribution < -0.4 is 4.90 Å². The predicted molar refractivity (Wildman–Crippen MR) is 70.2 cm³/mol. The number of nitrogens with zero attached hydrogens (tertiary/aromatic N) is 2. The standard InChI is InChI=1S/C12H18N2O5/c1-13(6-10(16)8-19-2)11-4-3-9(7-15)5-12(11)14(17)18/h3-5,10,15-16H,6-8H2,1-2H3. The first-order valence-electron chi connectivity index (χ1n) is 5.76. The molecule has 0 amide bonds. The summed E-state index contributed by atoms with van der Waals surface area (Å²) in [5.41, 5.74) is 0.761. The molecule has 0 aliphatic rings. The second kappa shape index (κ2) is 7.03. The van der Waals surface area contributed by atoms with Gasteiger partial charge in [0.25, 0.3) is 5.69 Å². The summed E-state index contributed by atoms with van der Waals surface area (Å²) in [7, 11) is 3.13. The van der Waals surface area contributed by atoms with Gasteiger partial charge in [0.05, 0.1) is 24.2 Å². The fraction of sp³-hybridized carbons (Fsp3) is 0.500. The number of anilines is 1. The van der Waals surface area contributed by atoms with Crippen LogP contribution in [0.3, 0.4) is 0 Å². The maximum Gasteiger partial charge on any atom is 0.292 e. The van der Waals surface area contributed by atoms with E-state index in [9.17, 15) is 15.2 Å². The van der Waals surface area contributed by atoms with Gasteiger partial charge < -0.3 is 19.8 Å². The van der Waals surface area contributed by atoms with Gasteiger partial charge in [-0.05, 0) is 11.6 Å². The Hall–Kier alpha value is -1.70. The van der Waals surface area contributed by atoms with E-state index < -0.39 is 11.0 Å². The van der Waals surface area contributed by atoms with Gasteiger partial charge in [-0.2, -0.15) is 0 Å². The number of likely N-dealkylation sites (N-methyl/N-ethyl adjacent to an activating group) is 1. The molecule has 0 heterocycles. The van der Waals surface area contributed by atoms with Crippen molar-refractivity contribution >= 4 is 11.4 Å². The number of ether oxygens (including phenoxy) is 1. The van der Waals surface area contributed by atoms with Crippen molar-refractivity contribution in [1.82, 2.24) is 0 Å².